The summed E-state index contributed by atoms with van der Waals surface area (Å²) in [4.78, 5) is 39.3. The number of amides is 4. The number of nitrogens with zero attached hydrogens (tertiary/aromatic N) is 2. The molecule has 0 spiro atoms. The van der Waals surface area contributed by atoms with E-state index in [-0.39, 0.29) is 41.4 Å². The minimum absolute atomic E-state index is 0.0636. The Labute approximate surface area is 186 Å². The lowest BCUT2D eigenvalue weighted by Gasteiger charge is -2.26. The monoisotopic (exact) mass is 462 g/mol. The van der Waals surface area contributed by atoms with Crippen molar-refractivity contribution in [3.63, 3.8) is 0 Å². The molecule has 2 heterocycles. The highest BCUT2D eigenvalue weighted by atomic mass is 32.2. The number of sulfonamides is 1. The fourth-order valence-electron chi connectivity index (χ4n) is 4.74. The first-order valence-electron chi connectivity index (χ1n) is 10.9. The van der Waals surface area contributed by atoms with Gasteiger partial charge in [-0.1, -0.05) is 6.07 Å². The molecule has 2 saturated heterocycles. The minimum Gasteiger partial charge on any atom is -0.379 e. The molecule has 0 atom stereocenters. The average Bonchev–Trinajstić information content (AvgIpc) is 3.69. The van der Waals surface area contributed by atoms with E-state index >= 15 is 0 Å². The van der Waals surface area contributed by atoms with Crippen LogP contribution in [-0.2, 0) is 24.3 Å². The summed E-state index contributed by atoms with van der Waals surface area (Å²) >= 11 is 0. The predicted octanol–water partition coefficient (Wildman–Crippen LogP) is 0.757. The standard InChI is InChI=1S/C21H26N4O6S/c26-18(13-25-19(27)21(14-4-5-14,15-6-7-15)23-20(25)28)22-16-2-1-3-17(12-16)32(29,30)24-8-10-31-11-9-24/h1-3,12,14-15H,4-11,13H2,(H,22,26)(H,23,28). The van der Waals surface area contributed by atoms with Gasteiger partial charge in [0.25, 0.3) is 5.91 Å². The highest BCUT2D eigenvalue weighted by Crippen LogP contribution is 2.54. The Morgan fingerprint density at radius 1 is 1.12 bits per heavy atom. The lowest BCUT2D eigenvalue weighted by Crippen LogP contribution is -2.51. The number of urea groups is 1. The van der Waals surface area contributed by atoms with Crippen molar-refractivity contribution in [2.45, 2.75) is 36.1 Å². The fraction of sp³-hybridized carbons (Fsp3) is 0.571. The molecule has 2 N–H and O–H groups in total. The molecule has 0 bridgehead atoms. The van der Waals surface area contributed by atoms with Gasteiger partial charge >= 0.3 is 6.03 Å². The highest BCUT2D eigenvalue weighted by Gasteiger charge is 2.65. The number of benzene rings is 1. The smallest absolute Gasteiger partial charge is 0.325 e. The Morgan fingerprint density at radius 2 is 1.78 bits per heavy atom. The number of ether oxygens (including phenoxy) is 1. The number of hydrogen-bond donors (Lipinski definition) is 2. The normalized spacial score (nSPS) is 23.8. The Morgan fingerprint density at radius 3 is 2.41 bits per heavy atom. The molecule has 0 radical (unpaired) electrons. The van der Waals surface area contributed by atoms with E-state index in [4.69, 9.17) is 4.74 Å². The van der Waals surface area contributed by atoms with Gasteiger partial charge in [-0.15, -0.1) is 0 Å². The van der Waals surface area contributed by atoms with E-state index in [1.807, 2.05) is 0 Å². The molecule has 0 unspecified atom stereocenters. The van der Waals surface area contributed by atoms with Gasteiger partial charge in [-0.2, -0.15) is 4.31 Å². The second-order valence-electron chi connectivity index (χ2n) is 8.83. The molecular formula is C21H26N4O6S. The Bertz CT molecular complexity index is 1050. The second kappa shape index (κ2) is 7.82. The predicted molar refractivity (Wildman–Crippen MR) is 113 cm³/mol. The topological polar surface area (TPSA) is 125 Å². The molecule has 4 amide bonds. The molecule has 11 heteroatoms. The minimum atomic E-state index is -3.71. The maximum Gasteiger partial charge on any atom is 0.325 e. The van der Waals surface area contributed by atoms with E-state index in [0.29, 0.717) is 13.2 Å². The molecule has 4 aliphatic rings. The molecule has 5 rings (SSSR count). The number of carbonyl (C=O) groups is 3. The number of hydrogen-bond acceptors (Lipinski definition) is 6. The lowest BCUT2D eigenvalue weighted by atomic mass is 9.87. The zero-order chi connectivity index (χ0) is 22.5. The number of anilines is 1. The van der Waals surface area contributed by atoms with Crippen LogP contribution < -0.4 is 10.6 Å². The molecule has 2 saturated carbocycles. The summed E-state index contributed by atoms with van der Waals surface area (Å²) in [7, 11) is -3.71. The van der Waals surface area contributed by atoms with Crippen molar-refractivity contribution < 1.29 is 27.5 Å². The van der Waals surface area contributed by atoms with E-state index in [1.54, 1.807) is 12.1 Å². The van der Waals surface area contributed by atoms with E-state index in [9.17, 15) is 22.8 Å². The third-order valence-corrected chi connectivity index (χ3v) is 8.52. The van der Waals surface area contributed by atoms with E-state index in [2.05, 4.69) is 10.6 Å². The molecule has 2 aliphatic carbocycles. The number of rotatable bonds is 7. The van der Waals surface area contributed by atoms with Gasteiger partial charge in [-0.25, -0.2) is 13.2 Å². The van der Waals surface area contributed by atoms with Crippen molar-refractivity contribution >= 4 is 33.6 Å². The Hall–Kier alpha value is -2.50. The molecule has 4 fully saturated rings. The van der Waals surface area contributed by atoms with Crippen LogP contribution in [0.15, 0.2) is 29.2 Å². The largest absolute Gasteiger partial charge is 0.379 e. The van der Waals surface area contributed by atoms with Crippen LogP contribution in [0.2, 0.25) is 0 Å². The van der Waals surface area contributed by atoms with E-state index in [1.165, 1.54) is 16.4 Å². The average molecular weight is 463 g/mol. The molecular weight excluding hydrogens is 436 g/mol. The summed E-state index contributed by atoms with van der Waals surface area (Å²) in [6, 6.07) is 5.43. The summed E-state index contributed by atoms with van der Waals surface area (Å²) in [6.07, 6.45) is 3.64. The van der Waals surface area contributed by atoms with Crippen LogP contribution in [0.25, 0.3) is 0 Å². The van der Waals surface area contributed by atoms with Crippen molar-refractivity contribution in [1.29, 1.82) is 0 Å². The van der Waals surface area contributed by atoms with Crippen molar-refractivity contribution in [1.82, 2.24) is 14.5 Å². The van der Waals surface area contributed by atoms with Crippen LogP contribution in [0.4, 0.5) is 10.5 Å². The highest BCUT2D eigenvalue weighted by molar-refractivity contribution is 7.89. The van der Waals surface area contributed by atoms with Crippen LogP contribution in [0.3, 0.4) is 0 Å². The van der Waals surface area contributed by atoms with Gasteiger partial charge in [-0.3, -0.25) is 14.5 Å². The van der Waals surface area contributed by atoms with Gasteiger partial charge in [0.2, 0.25) is 15.9 Å². The van der Waals surface area contributed by atoms with Crippen molar-refractivity contribution in [3.8, 4) is 0 Å². The number of morpholine rings is 1. The SMILES string of the molecule is O=C(CN1C(=O)NC(C2CC2)(C2CC2)C1=O)Nc1cccc(S(=O)(=O)N2CCOCC2)c1. The summed E-state index contributed by atoms with van der Waals surface area (Å²) in [6.45, 7) is 0.811. The second-order valence-corrected chi connectivity index (χ2v) is 10.8. The lowest BCUT2D eigenvalue weighted by molar-refractivity contribution is -0.135. The summed E-state index contributed by atoms with van der Waals surface area (Å²) in [5.74, 6) is -0.564. The van der Waals surface area contributed by atoms with Crippen molar-refractivity contribution in [2.24, 2.45) is 11.8 Å². The molecule has 2 aliphatic heterocycles. The number of nitrogens with one attached hydrogen (secondary N) is 2. The zero-order valence-electron chi connectivity index (χ0n) is 17.6. The molecule has 1 aromatic rings. The first-order valence-corrected chi connectivity index (χ1v) is 12.4. The summed E-state index contributed by atoms with van der Waals surface area (Å²) in [5.41, 5.74) is -0.559. The van der Waals surface area contributed by atoms with E-state index < -0.39 is 34.0 Å². The third-order valence-electron chi connectivity index (χ3n) is 6.63. The molecule has 1 aromatic carbocycles. The number of carbonyl (C=O) groups excluding carboxylic acids is 3. The molecule has 10 nitrogen and oxygen atoms in total. The van der Waals surface area contributed by atoms with Crippen molar-refractivity contribution in [2.75, 3.05) is 38.2 Å². The van der Waals surface area contributed by atoms with Gasteiger partial charge in [-0.05, 0) is 55.7 Å². The van der Waals surface area contributed by atoms with Gasteiger partial charge in [0.05, 0.1) is 18.1 Å². The van der Waals surface area contributed by atoms with Crippen LogP contribution in [-0.4, -0.2) is 73.9 Å². The van der Waals surface area contributed by atoms with Gasteiger partial charge in [0.15, 0.2) is 0 Å². The Balaban J connectivity index is 1.27. The third kappa shape index (κ3) is 3.67. The molecule has 172 valence electrons. The van der Waals surface area contributed by atoms with Gasteiger partial charge in [0.1, 0.15) is 12.1 Å². The maximum absolute atomic E-state index is 13.1. The van der Waals surface area contributed by atoms with Crippen LogP contribution in [0.1, 0.15) is 25.7 Å². The van der Waals surface area contributed by atoms with Gasteiger partial charge < -0.3 is 15.4 Å². The maximum atomic E-state index is 13.1. The first kappa shape index (κ1) is 21.4. The van der Waals surface area contributed by atoms with Crippen LogP contribution in [0.5, 0.6) is 0 Å². The molecule has 0 aromatic heterocycles. The number of imide groups is 1. The van der Waals surface area contributed by atoms with E-state index in [0.717, 1.165) is 30.6 Å². The zero-order valence-corrected chi connectivity index (χ0v) is 18.4. The summed E-state index contributed by atoms with van der Waals surface area (Å²) < 4.78 is 32.3. The first-order chi connectivity index (χ1) is 15.3. The fourth-order valence-corrected chi connectivity index (χ4v) is 6.19. The summed E-state index contributed by atoms with van der Waals surface area (Å²) in [5, 5.41) is 5.51. The van der Waals surface area contributed by atoms with Crippen molar-refractivity contribution in [3.05, 3.63) is 24.3 Å². The van der Waals surface area contributed by atoms with Gasteiger partial charge in [0, 0.05) is 18.8 Å². The van der Waals surface area contributed by atoms with Crippen LogP contribution in [0, 0.1) is 11.8 Å². The Kier molecular flexibility index (Phi) is 5.22. The molecule has 32 heavy (non-hydrogen) atoms. The quantitative estimate of drug-likeness (QED) is 0.577. The van der Waals surface area contributed by atoms with Crippen LogP contribution >= 0.6 is 0 Å².